The third-order valence-corrected chi connectivity index (χ3v) is 3.85. The molecule has 0 bridgehead atoms. The molecule has 0 aliphatic carbocycles. The van der Waals surface area contributed by atoms with E-state index in [4.69, 9.17) is 5.26 Å². The van der Waals surface area contributed by atoms with Crippen LogP contribution in [-0.4, -0.2) is 22.7 Å². The standard InChI is InChI=1S/C19H13F2N3O2/c1-12-6-13(8-22)2-5-17(12)24-10-16(9-23-24)14-3-4-15(11-25)18(7-14)26-19(20)21/h2-7,9-11,19H,1H3. The maximum atomic E-state index is 12.5. The summed E-state index contributed by atoms with van der Waals surface area (Å²) >= 11 is 0. The van der Waals surface area contributed by atoms with Gasteiger partial charge in [-0.3, -0.25) is 4.79 Å². The van der Waals surface area contributed by atoms with Crippen LogP contribution in [0, 0.1) is 18.3 Å². The van der Waals surface area contributed by atoms with Gasteiger partial charge in [0.25, 0.3) is 0 Å². The normalized spacial score (nSPS) is 10.6. The van der Waals surface area contributed by atoms with E-state index in [1.54, 1.807) is 41.3 Å². The van der Waals surface area contributed by atoms with E-state index >= 15 is 0 Å². The molecule has 0 radical (unpaired) electrons. The van der Waals surface area contributed by atoms with Gasteiger partial charge in [0.05, 0.1) is 29.1 Å². The van der Waals surface area contributed by atoms with E-state index in [1.807, 2.05) is 6.92 Å². The van der Waals surface area contributed by atoms with Crippen molar-refractivity contribution < 1.29 is 18.3 Å². The average Bonchev–Trinajstić information content (AvgIpc) is 3.10. The Balaban J connectivity index is 1.97. The van der Waals surface area contributed by atoms with Crippen LogP contribution in [0.4, 0.5) is 8.78 Å². The van der Waals surface area contributed by atoms with Crippen molar-refractivity contribution in [3.05, 3.63) is 65.5 Å². The van der Waals surface area contributed by atoms with Gasteiger partial charge in [0.1, 0.15) is 5.75 Å². The van der Waals surface area contributed by atoms with E-state index in [2.05, 4.69) is 15.9 Å². The molecular weight excluding hydrogens is 340 g/mol. The van der Waals surface area contributed by atoms with Crippen molar-refractivity contribution in [2.75, 3.05) is 0 Å². The summed E-state index contributed by atoms with van der Waals surface area (Å²) < 4.78 is 31.1. The van der Waals surface area contributed by atoms with Crippen LogP contribution >= 0.6 is 0 Å². The Bertz CT molecular complexity index is 1010. The maximum absolute atomic E-state index is 12.5. The van der Waals surface area contributed by atoms with Crippen LogP contribution in [0.3, 0.4) is 0 Å². The van der Waals surface area contributed by atoms with E-state index in [1.165, 1.54) is 12.1 Å². The van der Waals surface area contributed by atoms with Crippen molar-refractivity contribution in [2.45, 2.75) is 13.5 Å². The molecule has 3 aromatic rings. The smallest absolute Gasteiger partial charge is 0.387 e. The summed E-state index contributed by atoms with van der Waals surface area (Å²) in [6.45, 7) is -1.15. The Morgan fingerprint density at radius 1 is 1.23 bits per heavy atom. The summed E-state index contributed by atoms with van der Waals surface area (Å²) in [5.41, 5.74) is 3.52. The number of aldehydes is 1. The number of nitriles is 1. The van der Waals surface area contributed by atoms with Crippen molar-refractivity contribution in [1.82, 2.24) is 9.78 Å². The van der Waals surface area contributed by atoms with Gasteiger partial charge in [0.15, 0.2) is 6.29 Å². The van der Waals surface area contributed by atoms with E-state index in [0.29, 0.717) is 23.0 Å². The molecule has 0 saturated heterocycles. The lowest BCUT2D eigenvalue weighted by Gasteiger charge is -2.08. The summed E-state index contributed by atoms with van der Waals surface area (Å²) in [4.78, 5) is 11.0. The summed E-state index contributed by atoms with van der Waals surface area (Å²) in [5.74, 6) is -0.185. The van der Waals surface area contributed by atoms with Gasteiger partial charge in [-0.25, -0.2) is 4.68 Å². The van der Waals surface area contributed by atoms with Gasteiger partial charge in [0, 0.05) is 11.8 Å². The minimum absolute atomic E-state index is 0.0457. The summed E-state index contributed by atoms with van der Waals surface area (Å²) in [6.07, 6.45) is 3.78. The van der Waals surface area contributed by atoms with Gasteiger partial charge >= 0.3 is 6.61 Å². The second kappa shape index (κ2) is 7.15. The molecule has 7 heteroatoms. The molecule has 0 atom stereocenters. The number of aromatic nitrogens is 2. The number of aryl methyl sites for hydroxylation is 1. The molecule has 0 unspecified atom stereocenters. The Morgan fingerprint density at radius 3 is 2.69 bits per heavy atom. The van der Waals surface area contributed by atoms with Gasteiger partial charge in [-0.05, 0) is 48.4 Å². The molecule has 1 heterocycles. The third-order valence-electron chi connectivity index (χ3n) is 3.85. The number of hydrogen-bond acceptors (Lipinski definition) is 4. The van der Waals surface area contributed by atoms with Crippen LogP contribution in [0.15, 0.2) is 48.8 Å². The molecule has 0 amide bonds. The first kappa shape index (κ1) is 17.3. The number of rotatable bonds is 5. The van der Waals surface area contributed by atoms with Gasteiger partial charge < -0.3 is 4.74 Å². The first-order valence-electron chi connectivity index (χ1n) is 7.62. The summed E-state index contributed by atoms with van der Waals surface area (Å²) in [5, 5.41) is 13.2. The molecule has 0 aliphatic heterocycles. The molecule has 130 valence electrons. The molecule has 0 aliphatic rings. The molecule has 0 N–H and O–H groups in total. The Labute approximate surface area is 148 Å². The lowest BCUT2D eigenvalue weighted by atomic mass is 10.1. The number of alkyl halides is 2. The second-order valence-electron chi connectivity index (χ2n) is 5.54. The largest absolute Gasteiger partial charge is 0.434 e. The van der Waals surface area contributed by atoms with Crippen LogP contribution in [0.1, 0.15) is 21.5 Å². The van der Waals surface area contributed by atoms with Gasteiger partial charge in [0.2, 0.25) is 0 Å². The number of carbonyl (C=O) groups excluding carboxylic acids is 1. The molecule has 0 saturated carbocycles. The van der Waals surface area contributed by atoms with Crippen molar-refractivity contribution in [1.29, 1.82) is 5.26 Å². The predicted molar refractivity (Wildman–Crippen MR) is 90.5 cm³/mol. The van der Waals surface area contributed by atoms with E-state index in [0.717, 1.165) is 11.3 Å². The van der Waals surface area contributed by atoms with E-state index in [9.17, 15) is 13.6 Å². The van der Waals surface area contributed by atoms with Crippen LogP contribution in [0.2, 0.25) is 0 Å². The quantitative estimate of drug-likeness (QED) is 0.647. The molecule has 26 heavy (non-hydrogen) atoms. The lowest BCUT2D eigenvalue weighted by molar-refractivity contribution is -0.0500. The van der Waals surface area contributed by atoms with Crippen LogP contribution < -0.4 is 4.74 Å². The zero-order valence-corrected chi connectivity index (χ0v) is 13.7. The molecular formula is C19H13F2N3O2. The zero-order valence-electron chi connectivity index (χ0n) is 13.7. The van der Waals surface area contributed by atoms with Crippen LogP contribution in [-0.2, 0) is 0 Å². The number of ether oxygens (including phenoxy) is 1. The van der Waals surface area contributed by atoms with Gasteiger partial charge in [-0.2, -0.15) is 19.1 Å². The van der Waals surface area contributed by atoms with Crippen LogP contribution in [0.5, 0.6) is 5.75 Å². The Morgan fingerprint density at radius 2 is 2.04 bits per heavy atom. The van der Waals surface area contributed by atoms with E-state index < -0.39 is 6.61 Å². The van der Waals surface area contributed by atoms with Crippen molar-refractivity contribution in [3.8, 4) is 28.6 Å². The highest BCUT2D eigenvalue weighted by Crippen LogP contribution is 2.28. The highest BCUT2D eigenvalue weighted by Gasteiger charge is 2.13. The van der Waals surface area contributed by atoms with E-state index in [-0.39, 0.29) is 11.3 Å². The third kappa shape index (κ3) is 3.44. The molecule has 1 aromatic heterocycles. The molecule has 3 rings (SSSR count). The number of halogens is 2. The molecule has 5 nitrogen and oxygen atoms in total. The number of nitrogens with zero attached hydrogens (tertiary/aromatic N) is 3. The highest BCUT2D eigenvalue weighted by atomic mass is 19.3. The zero-order chi connectivity index (χ0) is 18.7. The molecule has 2 aromatic carbocycles. The molecule has 0 fully saturated rings. The fourth-order valence-electron chi connectivity index (χ4n) is 2.60. The lowest BCUT2D eigenvalue weighted by Crippen LogP contribution is -2.04. The average molecular weight is 353 g/mol. The summed E-state index contributed by atoms with van der Waals surface area (Å²) in [6, 6.07) is 11.7. The number of carbonyl (C=O) groups is 1. The van der Waals surface area contributed by atoms with Gasteiger partial charge in [-0.1, -0.05) is 6.07 Å². The molecule has 0 spiro atoms. The maximum Gasteiger partial charge on any atom is 0.387 e. The number of benzene rings is 2. The minimum Gasteiger partial charge on any atom is -0.434 e. The Hall–Kier alpha value is -3.53. The first-order chi connectivity index (χ1) is 12.5. The fraction of sp³-hybridized carbons (Fsp3) is 0.105. The number of hydrogen-bond donors (Lipinski definition) is 0. The van der Waals surface area contributed by atoms with Gasteiger partial charge in [-0.15, -0.1) is 0 Å². The summed E-state index contributed by atoms with van der Waals surface area (Å²) in [7, 11) is 0. The second-order valence-corrected chi connectivity index (χ2v) is 5.54. The topological polar surface area (TPSA) is 67.9 Å². The van der Waals surface area contributed by atoms with Crippen molar-refractivity contribution in [3.63, 3.8) is 0 Å². The minimum atomic E-state index is -3.02. The SMILES string of the molecule is Cc1cc(C#N)ccc1-n1cc(-c2ccc(C=O)c(OC(F)F)c2)cn1. The van der Waals surface area contributed by atoms with Crippen LogP contribution in [0.25, 0.3) is 16.8 Å². The first-order valence-corrected chi connectivity index (χ1v) is 7.62. The van der Waals surface area contributed by atoms with Crippen molar-refractivity contribution in [2.24, 2.45) is 0 Å². The monoisotopic (exact) mass is 353 g/mol. The fourth-order valence-corrected chi connectivity index (χ4v) is 2.60. The Kier molecular flexibility index (Phi) is 4.76. The van der Waals surface area contributed by atoms with Crippen molar-refractivity contribution >= 4 is 6.29 Å². The highest BCUT2D eigenvalue weighted by molar-refractivity contribution is 5.81. The predicted octanol–water partition coefficient (Wildman–Crippen LogP) is 4.13.